The van der Waals surface area contributed by atoms with Gasteiger partial charge in [-0.05, 0) is 43.5 Å². The van der Waals surface area contributed by atoms with Crippen LogP contribution in [0.25, 0.3) is 0 Å². The van der Waals surface area contributed by atoms with Gasteiger partial charge in [0, 0.05) is 17.9 Å². The Kier molecular flexibility index (Phi) is 4.74. The van der Waals surface area contributed by atoms with E-state index < -0.39 is 0 Å². The Morgan fingerprint density at radius 3 is 2.55 bits per heavy atom. The third-order valence-corrected chi connectivity index (χ3v) is 5.25. The van der Waals surface area contributed by atoms with Gasteiger partial charge in [0.05, 0.1) is 0 Å². The molecular formula is C18H29NO. The van der Waals surface area contributed by atoms with Crippen LogP contribution in [0, 0.1) is 5.41 Å². The van der Waals surface area contributed by atoms with Gasteiger partial charge in [-0.2, -0.15) is 0 Å². The Morgan fingerprint density at radius 1 is 1.30 bits per heavy atom. The van der Waals surface area contributed by atoms with Crippen LogP contribution in [0.3, 0.4) is 0 Å². The van der Waals surface area contributed by atoms with Crippen molar-refractivity contribution in [1.29, 1.82) is 0 Å². The van der Waals surface area contributed by atoms with E-state index in [0.29, 0.717) is 23.5 Å². The summed E-state index contributed by atoms with van der Waals surface area (Å²) in [6.45, 7) is 9.02. The van der Waals surface area contributed by atoms with Crippen molar-refractivity contribution in [2.24, 2.45) is 5.41 Å². The molecule has 1 saturated carbocycles. The Bertz CT molecular complexity index is 437. The van der Waals surface area contributed by atoms with Crippen LogP contribution in [0.1, 0.15) is 58.4 Å². The number of rotatable bonds is 6. The molecule has 0 heterocycles. The van der Waals surface area contributed by atoms with Gasteiger partial charge in [0.25, 0.3) is 0 Å². The highest BCUT2D eigenvalue weighted by molar-refractivity contribution is 5.31. The zero-order chi connectivity index (χ0) is 14.8. The number of benzene rings is 1. The minimum Gasteiger partial charge on any atom is -0.490 e. The number of hydrogen-bond acceptors (Lipinski definition) is 2. The fraction of sp³-hybridized carbons (Fsp3) is 0.667. The molecule has 1 aromatic carbocycles. The van der Waals surface area contributed by atoms with E-state index in [0.717, 1.165) is 12.2 Å². The van der Waals surface area contributed by atoms with Gasteiger partial charge in [0.1, 0.15) is 11.9 Å². The second-order valence-electron chi connectivity index (χ2n) is 6.35. The Hall–Kier alpha value is -1.02. The molecule has 2 atom stereocenters. The molecule has 2 heteroatoms. The van der Waals surface area contributed by atoms with Crippen LogP contribution < -0.4 is 10.1 Å². The molecule has 0 radical (unpaired) electrons. The molecule has 2 nitrogen and oxygen atoms in total. The van der Waals surface area contributed by atoms with Gasteiger partial charge in [-0.15, -0.1) is 0 Å². The van der Waals surface area contributed by atoms with Crippen LogP contribution in [0.4, 0.5) is 0 Å². The minimum absolute atomic E-state index is 0.294. The molecule has 1 N–H and O–H groups in total. The van der Waals surface area contributed by atoms with Crippen molar-refractivity contribution in [2.45, 2.75) is 65.0 Å². The average Bonchev–Trinajstić information content (AvgIpc) is 2.45. The van der Waals surface area contributed by atoms with Crippen LogP contribution in [0.2, 0.25) is 0 Å². The molecule has 0 aliphatic heterocycles. The summed E-state index contributed by atoms with van der Waals surface area (Å²) in [6, 6.07) is 9.18. The lowest BCUT2D eigenvalue weighted by molar-refractivity contribution is -0.0836. The van der Waals surface area contributed by atoms with E-state index in [1.54, 1.807) is 0 Å². The second kappa shape index (κ2) is 6.17. The van der Waals surface area contributed by atoms with Gasteiger partial charge in [0.2, 0.25) is 0 Å². The van der Waals surface area contributed by atoms with Crippen molar-refractivity contribution in [2.75, 3.05) is 7.05 Å². The van der Waals surface area contributed by atoms with Crippen LogP contribution in [0.5, 0.6) is 5.75 Å². The minimum atomic E-state index is 0.294. The molecule has 1 aromatic rings. The van der Waals surface area contributed by atoms with Crippen LogP contribution in [0.15, 0.2) is 24.3 Å². The van der Waals surface area contributed by atoms with E-state index in [-0.39, 0.29) is 0 Å². The predicted molar refractivity (Wildman–Crippen MR) is 85.4 cm³/mol. The number of hydrogen-bond donors (Lipinski definition) is 1. The largest absolute Gasteiger partial charge is 0.490 e. The third kappa shape index (κ3) is 2.58. The third-order valence-electron chi connectivity index (χ3n) is 5.25. The standard InChI is InChI=1S/C18H29NO/c1-6-18(7-2)16(19-5)12-17(18)20-15-10-8-9-14(11-15)13(3)4/h8-11,13,16-17,19H,6-7,12H2,1-5H3. The summed E-state index contributed by atoms with van der Waals surface area (Å²) in [5.41, 5.74) is 1.65. The van der Waals surface area contributed by atoms with Crippen molar-refractivity contribution in [3.8, 4) is 5.75 Å². The van der Waals surface area contributed by atoms with E-state index in [9.17, 15) is 0 Å². The fourth-order valence-electron chi connectivity index (χ4n) is 3.63. The molecule has 1 aliphatic rings. The smallest absolute Gasteiger partial charge is 0.120 e. The lowest BCUT2D eigenvalue weighted by atomic mass is 9.58. The quantitative estimate of drug-likeness (QED) is 0.833. The summed E-state index contributed by atoms with van der Waals surface area (Å²) >= 11 is 0. The maximum atomic E-state index is 6.33. The molecule has 0 amide bonds. The Morgan fingerprint density at radius 2 is 2.00 bits per heavy atom. The number of ether oxygens (including phenoxy) is 1. The summed E-state index contributed by atoms with van der Waals surface area (Å²) in [5.74, 6) is 1.58. The van der Waals surface area contributed by atoms with Gasteiger partial charge < -0.3 is 10.1 Å². The fourth-order valence-corrected chi connectivity index (χ4v) is 3.63. The van der Waals surface area contributed by atoms with Gasteiger partial charge in [-0.25, -0.2) is 0 Å². The zero-order valence-electron chi connectivity index (χ0n) is 13.6. The first-order chi connectivity index (χ1) is 9.57. The molecule has 0 saturated heterocycles. The van der Waals surface area contributed by atoms with Gasteiger partial charge in [0.15, 0.2) is 0 Å². The normalized spacial score (nSPS) is 24.5. The summed E-state index contributed by atoms with van der Waals surface area (Å²) in [5, 5.41) is 3.46. The monoisotopic (exact) mass is 275 g/mol. The van der Waals surface area contributed by atoms with Crippen molar-refractivity contribution < 1.29 is 4.74 Å². The van der Waals surface area contributed by atoms with E-state index >= 15 is 0 Å². The Labute approximate surface area is 123 Å². The summed E-state index contributed by atoms with van der Waals surface area (Å²) < 4.78 is 6.33. The van der Waals surface area contributed by atoms with Crippen molar-refractivity contribution in [1.82, 2.24) is 5.32 Å². The van der Waals surface area contributed by atoms with Crippen molar-refractivity contribution in [3.05, 3.63) is 29.8 Å². The average molecular weight is 275 g/mol. The van der Waals surface area contributed by atoms with Crippen LogP contribution in [-0.2, 0) is 0 Å². The lowest BCUT2D eigenvalue weighted by Gasteiger charge is -2.55. The molecule has 20 heavy (non-hydrogen) atoms. The molecule has 0 spiro atoms. The summed E-state index contributed by atoms with van der Waals surface area (Å²) in [6.07, 6.45) is 3.80. The molecule has 2 rings (SSSR count). The Balaban J connectivity index is 2.12. The first-order valence-electron chi connectivity index (χ1n) is 8.01. The molecule has 1 fully saturated rings. The zero-order valence-corrected chi connectivity index (χ0v) is 13.6. The van der Waals surface area contributed by atoms with E-state index in [1.807, 2.05) is 0 Å². The van der Waals surface area contributed by atoms with Gasteiger partial charge >= 0.3 is 0 Å². The molecule has 112 valence electrons. The number of nitrogens with one attached hydrogen (secondary N) is 1. The molecule has 2 unspecified atom stereocenters. The van der Waals surface area contributed by atoms with Gasteiger partial charge in [-0.1, -0.05) is 39.8 Å². The van der Waals surface area contributed by atoms with E-state index in [4.69, 9.17) is 4.74 Å². The van der Waals surface area contributed by atoms with Crippen molar-refractivity contribution >= 4 is 0 Å². The van der Waals surface area contributed by atoms with E-state index in [2.05, 4.69) is 64.3 Å². The lowest BCUT2D eigenvalue weighted by Crippen LogP contribution is -2.63. The highest BCUT2D eigenvalue weighted by Crippen LogP contribution is 2.48. The summed E-state index contributed by atoms with van der Waals surface area (Å²) in [4.78, 5) is 0. The first kappa shape index (κ1) is 15.4. The van der Waals surface area contributed by atoms with Crippen LogP contribution >= 0.6 is 0 Å². The molecule has 1 aliphatic carbocycles. The SMILES string of the molecule is CCC1(CC)C(NC)CC1Oc1cccc(C(C)C)c1. The van der Waals surface area contributed by atoms with E-state index in [1.165, 1.54) is 18.4 Å². The highest BCUT2D eigenvalue weighted by Gasteiger charge is 2.53. The maximum Gasteiger partial charge on any atom is 0.120 e. The maximum absolute atomic E-state index is 6.33. The molecular weight excluding hydrogens is 246 g/mol. The second-order valence-corrected chi connectivity index (χ2v) is 6.35. The molecule has 0 bridgehead atoms. The predicted octanol–water partition coefficient (Wildman–Crippen LogP) is 4.36. The highest BCUT2D eigenvalue weighted by atomic mass is 16.5. The van der Waals surface area contributed by atoms with Crippen LogP contribution in [-0.4, -0.2) is 19.2 Å². The summed E-state index contributed by atoms with van der Waals surface area (Å²) in [7, 11) is 2.07. The van der Waals surface area contributed by atoms with Crippen molar-refractivity contribution in [3.63, 3.8) is 0 Å². The molecule has 0 aromatic heterocycles. The van der Waals surface area contributed by atoms with Gasteiger partial charge in [-0.3, -0.25) is 0 Å². The first-order valence-corrected chi connectivity index (χ1v) is 8.01. The topological polar surface area (TPSA) is 21.3 Å².